The van der Waals surface area contributed by atoms with Crippen molar-refractivity contribution in [3.05, 3.63) is 21.8 Å². The van der Waals surface area contributed by atoms with Gasteiger partial charge < -0.3 is 4.74 Å². The topological polar surface area (TPSA) is 69.4 Å². The van der Waals surface area contributed by atoms with Crippen LogP contribution in [0.4, 0.5) is 0 Å². The molecule has 5 nitrogen and oxygen atoms in total. The average molecular weight is 201 g/mol. The minimum Gasteiger partial charge on any atom is -0.462 e. The molecule has 0 aliphatic carbocycles. The summed E-state index contributed by atoms with van der Waals surface area (Å²) in [6.45, 7) is 3.38. The quantitative estimate of drug-likeness (QED) is 0.283. The fourth-order valence-electron chi connectivity index (χ4n) is 0.894. The van der Waals surface area contributed by atoms with Crippen LogP contribution in [0.1, 0.15) is 26.7 Å². The summed E-state index contributed by atoms with van der Waals surface area (Å²) in [6.07, 6.45) is 3.07. The Morgan fingerprint density at radius 2 is 2.14 bits per heavy atom. The van der Waals surface area contributed by atoms with Gasteiger partial charge in [0, 0.05) is 4.92 Å². The van der Waals surface area contributed by atoms with Gasteiger partial charge in [-0.1, -0.05) is 19.4 Å². The van der Waals surface area contributed by atoms with Crippen LogP contribution in [0, 0.1) is 10.1 Å². The Labute approximate surface area is 82.9 Å². The monoisotopic (exact) mass is 201 g/mol. The lowest BCUT2D eigenvalue weighted by molar-refractivity contribution is -0.470. The molecule has 0 radical (unpaired) electrons. The van der Waals surface area contributed by atoms with E-state index in [2.05, 4.69) is 0 Å². The lowest BCUT2D eigenvalue weighted by atomic mass is 10.2. The summed E-state index contributed by atoms with van der Waals surface area (Å²) in [5.41, 5.74) is 0.138. The van der Waals surface area contributed by atoms with Gasteiger partial charge in [-0.05, 0) is 13.3 Å². The van der Waals surface area contributed by atoms with Crippen LogP contribution in [0.2, 0.25) is 0 Å². The van der Waals surface area contributed by atoms with E-state index in [-0.39, 0.29) is 12.2 Å². The summed E-state index contributed by atoms with van der Waals surface area (Å²) < 4.78 is 4.69. The third-order valence-electron chi connectivity index (χ3n) is 1.52. The van der Waals surface area contributed by atoms with E-state index in [4.69, 9.17) is 4.74 Å². The molecule has 5 heteroatoms. The van der Waals surface area contributed by atoms with Crippen LogP contribution in [0.3, 0.4) is 0 Å². The maximum atomic E-state index is 11.2. The Balaban J connectivity index is 4.37. The fraction of sp³-hybridized carbons (Fsp3) is 0.667. The molecule has 0 unspecified atom stereocenters. The van der Waals surface area contributed by atoms with Crippen molar-refractivity contribution < 1.29 is 14.5 Å². The molecule has 0 N–H and O–H groups in total. The maximum Gasteiger partial charge on any atom is 0.340 e. The highest BCUT2D eigenvalue weighted by atomic mass is 16.6. The molecule has 0 aliphatic heterocycles. The van der Waals surface area contributed by atoms with Crippen molar-refractivity contribution in [1.29, 1.82) is 0 Å². The van der Waals surface area contributed by atoms with Gasteiger partial charge in [0.2, 0.25) is 6.54 Å². The number of hydrogen-bond acceptors (Lipinski definition) is 4. The first-order valence-electron chi connectivity index (χ1n) is 4.59. The second-order valence-electron chi connectivity index (χ2n) is 2.73. The van der Waals surface area contributed by atoms with Crippen LogP contribution in [-0.2, 0) is 9.53 Å². The number of allylic oxidation sites excluding steroid dienone is 1. The number of carbonyl (C=O) groups is 1. The lowest BCUT2D eigenvalue weighted by Crippen LogP contribution is -2.15. The van der Waals surface area contributed by atoms with Crippen LogP contribution >= 0.6 is 0 Å². The van der Waals surface area contributed by atoms with E-state index in [0.29, 0.717) is 6.42 Å². The molecule has 0 atom stereocenters. The number of nitro groups is 1. The van der Waals surface area contributed by atoms with Crippen molar-refractivity contribution in [1.82, 2.24) is 0 Å². The average Bonchev–Trinajstić information content (AvgIpc) is 2.12. The van der Waals surface area contributed by atoms with Crippen LogP contribution in [-0.4, -0.2) is 24.0 Å². The van der Waals surface area contributed by atoms with E-state index in [1.807, 2.05) is 6.92 Å². The van der Waals surface area contributed by atoms with Crippen molar-refractivity contribution in [2.75, 3.05) is 13.2 Å². The Morgan fingerprint density at radius 3 is 2.57 bits per heavy atom. The summed E-state index contributed by atoms with van der Waals surface area (Å²) >= 11 is 0. The highest BCUT2D eigenvalue weighted by Crippen LogP contribution is 2.02. The predicted molar refractivity (Wildman–Crippen MR) is 51.5 cm³/mol. The zero-order valence-corrected chi connectivity index (χ0v) is 8.49. The highest BCUT2D eigenvalue weighted by Gasteiger charge is 2.15. The van der Waals surface area contributed by atoms with Crippen LogP contribution < -0.4 is 0 Å². The van der Waals surface area contributed by atoms with Gasteiger partial charge in [0.1, 0.15) is 5.57 Å². The first kappa shape index (κ1) is 12.6. The number of carbonyl (C=O) groups excluding carboxylic acids is 1. The molecule has 80 valence electrons. The van der Waals surface area contributed by atoms with Crippen LogP contribution in [0.15, 0.2) is 11.6 Å². The summed E-state index contributed by atoms with van der Waals surface area (Å²) in [5.74, 6) is -0.586. The van der Waals surface area contributed by atoms with Crippen molar-refractivity contribution in [3.63, 3.8) is 0 Å². The molecule has 0 aromatic heterocycles. The Hall–Kier alpha value is -1.39. The standard InChI is InChI=1S/C9H15NO4/c1-3-5-6-8(7-10(12)13)9(11)14-4-2/h6H,3-5,7H2,1-2H3/b8-6+. The lowest BCUT2D eigenvalue weighted by Gasteiger charge is -2.02. The number of nitrogens with zero attached hydrogens (tertiary/aromatic N) is 1. The third-order valence-corrected chi connectivity index (χ3v) is 1.52. The Morgan fingerprint density at radius 1 is 1.50 bits per heavy atom. The van der Waals surface area contributed by atoms with Crippen molar-refractivity contribution in [2.24, 2.45) is 0 Å². The van der Waals surface area contributed by atoms with Crippen LogP contribution in [0.25, 0.3) is 0 Å². The first-order valence-corrected chi connectivity index (χ1v) is 4.59. The molecule has 0 amide bonds. The summed E-state index contributed by atoms with van der Waals surface area (Å²) in [5, 5.41) is 10.2. The minimum absolute atomic E-state index is 0.138. The minimum atomic E-state index is -0.586. The largest absolute Gasteiger partial charge is 0.462 e. The highest BCUT2D eigenvalue weighted by molar-refractivity contribution is 5.88. The predicted octanol–water partition coefficient (Wildman–Crippen LogP) is 1.55. The zero-order valence-electron chi connectivity index (χ0n) is 8.49. The summed E-state index contributed by atoms with van der Waals surface area (Å²) in [4.78, 5) is 20.9. The smallest absolute Gasteiger partial charge is 0.340 e. The molecule has 0 aliphatic rings. The van der Waals surface area contributed by atoms with E-state index >= 15 is 0 Å². The fourth-order valence-corrected chi connectivity index (χ4v) is 0.894. The second kappa shape index (κ2) is 7.06. The first-order chi connectivity index (χ1) is 6.61. The maximum absolute atomic E-state index is 11.2. The molecule has 14 heavy (non-hydrogen) atoms. The van der Waals surface area contributed by atoms with E-state index in [1.165, 1.54) is 0 Å². The normalized spacial score (nSPS) is 11.1. The molecule has 0 spiro atoms. The molecule has 0 bridgehead atoms. The van der Waals surface area contributed by atoms with Gasteiger partial charge >= 0.3 is 5.97 Å². The van der Waals surface area contributed by atoms with Crippen molar-refractivity contribution in [3.8, 4) is 0 Å². The van der Waals surface area contributed by atoms with Crippen LogP contribution in [0.5, 0.6) is 0 Å². The molecular weight excluding hydrogens is 186 g/mol. The number of esters is 1. The number of ether oxygens (including phenoxy) is 1. The number of unbranched alkanes of at least 4 members (excludes halogenated alkanes) is 1. The Bertz CT molecular complexity index is 235. The molecule has 0 aromatic rings. The SMILES string of the molecule is CCC/C=C(\C[N+](=O)[O-])C(=O)OCC. The molecular formula is C9H15NO4. The van der Waals surface area contributed by atoms with Crippen molar-refractivity contribution >= 4 is 5.97 Å². The number of rotatable bonds is 6. The Kier molecular flexibility index (Phi) is 6.36. The van der Waals surface area contributed by atoms with Gasteiger partial charge in [-0.2, -0.15) is 0 Å². The van der Waals surface area contributed by atoms with Gasteiger partial charge in [0.05, 0.1) is 6.61 Å². The molecule has 0 saturated carbocycles. The van der Waals surface area contributed by atoms with Gasteiger partial charge in [0.15, 0.2) is 0 Å². The zero-order chi connectivity index (χ0) is 11.0. The van der Waals surface area contributed by atoms with Crippen molar-refractivity contribution in [2.45, 2.75) is 26.7 Å². The molecule has 0 fully saturated rings. The van der Waals surface area contributed by atoms with Gasteiger partial charge in [-0.25, -0.2) is 4.79 Å². The third kappa shape index (κ3) is 5.29. The van der Waals surface area contributed by atoms with E-state index in [1.54, 1.807) is 13.0 Å². The molecule has 0 aromatic carbocycles. The van der Waals surface area contributed by atoms with E-state index in [9.17, 15) is 14.9 Å². The van der Waals surface area contributed by atoms with Gasteiger partial charge in [-0.3, -0.25) is 10.1 Å². The van der Waals surface area contributed by atoms with Gasteiger partial charge in [-0.15, -0.1) is 0 Å². The molecule has 0 rings (SSSR count). The summed E-state index contributed by atoms with van der Waals surface area (Å²) in [6, 6.07) is 0. The second-order valence-corrected chi connectivity index (χ2v) is 2.73. The van der Waals surface area contributed by atoms with E-state index in [0.717, 1.165) is 6.42 Å². The molecule has 0 heterocycles. The summed E-state index contributed by atoms with van der Waals surface area (Å²) in [7, 11) is 0. The van der Waals surface area contributed by atoms with E-state index < -0.39 is 17.4 Å². The number of hydrogen-bond donors (Lipinski definition) is 0. The molecule has 0 saturated heterocycles. The van der Waals surface area contributed by atoms with Gasteiger partial charge in [0.25, 0.3) is 0 Å².